The van der Waals surface area contributed by atoms with Gasteiger partial charge in [0.1, 0.15) is 5.52 Å². The van der Waals surface area contributed by atoms with E-state index in [1.54, 1.807) is 16.8 Å². The number of aryl methyl sites for hydroxylation is 1. The van der Waals surface area contributed by atoms with Gasteiger partial charge in [0.15, 0.2) is 0 Å². The lowest BCUT2D eigenvalue weighted by Gasteiger charge is -2.20. The lowest BCUT2D eigenvalue weighted by Crippen LogP contribution is -2.32. The maximum atomic E-state index is 12.6. The number of benzene rings is 2. The van der Waals surface area contributed by atoms with Crippen molar-refractivity contribution in [2.45, 2.75) is 38.6 Å². The van der Waals surface area contributed by atoms with Crippen LogP contribution in [0.5, 0.6) is 0 Å². The van der Waals surface area contributed by atoms with Crippen molar-refractivity contribution in [2.75, 3.05) is 13.1 Å². The first-order chi connectivity index (χ1) is 15.7. The smallest absolute Gasteiger partial charge is 0.258 e. The van der Waals surface area contributed by atoms with Gasteiger partial charge in [0.2, 0.25) is 11.7 Å². The predicted octanol–water partition coefficient (Wildman–Crippen LogP) is 4.59. The van der Waals surface area contributed by atoms with Crippen LogP contribution in [0.3, 0.4) is 0 Å². The molecule has 9 heteroatoms. The Morgan fingerprint density at radius 2 is 1.75 bits per heavy atom. The zero-order chi connectivity index (χ0) is 21.9. The first kappa shape index (κ1) is 20.6. The summed E-state index contributed by atoms with van der Waals surface area (Å²) in [5, 5.41) is 13.3. The van der Waals surface area contributed by atoms with Gasteiger partial charge in [-0.15, -0.1) is 5.10 Å². The van der Waals surface area contributed by atoms with Crippen LogP contribution in [0.2, 0.25) is 5.02 Å². The van der Waals surface area contributed by atoms with Crippen molar-refractivity contribution in [3.8, 4) is 22.8 Å². The standard InChI is InChI=1S/C23H23ClN6O2/c24-18-8-5-16(6-9-18)23-25-22(27-32-23)17-7-10-20-19(15-17)26-28-30(20)14-11-21(31)29-12-3-1-2-4-13-29/h5-10,15H,1-4,11-14H2. The zero-order valence-corrected chi connectivity index (χ0v) is 18.3. The summed E-state index contributed by atoms with van der Waals surface area (Å²) >= 11 is 5.94. The topological polar surface area (TPSA) is 89.9 Å². The normalized spacial score (nSPS) is 14.6. The molecule has 1 aliphatic rings. The second kappa shape index (κ2) is 9.08. The van der Waals surface area contributed by atoms with E-state index in [1.807, 2.05) is 35.2 Å². The molecular weight excluding hydrogens is 428 g/mol. The van der Waals surface area contributed by atoms with Crippen LogP contribution in [0.4, 0.5) is 0 Å². The van der Waals surface area contributed by atoms with E-state index in [2.05, 4.69) is 20.5 Å². The van der Waals surface area contributed by atoms with Crippen LogP contribution in [0.1, 0.15) is 32.1 Å². The minimum Gasteiger partial charge on any atom is -0.343 e. The van der Waals surface area contributed by atoms with E-state index in [9.17, 15) is 4.79 Å². The highest BCUT2D eigenvalue weighted by Crippen LogP contribution is 2.25. The Kier molecular flexibility index (Phi) is 5.85. The Labute approximate surface area is 190 Å². The first-order valence-electron chi connectivity index (χ1n) is 10.9. The van der Waals surface area contributed by atoms with E-state index in [-0.39, 0.29) is 5.91 Å². The van der Waals surface area contributed by atoms with Gasteiger partial charge in [-0.1, -0.05) is 34.8 Å². The molecule has 0 saturated carbocycles. The number of rotatable bonds is 5. The van der Waals surface area contributed by atoms with Gasteiger partial charge in [-0.05, 0) is 55.3 Å². The van der Waals surface area contributed by atoms with Crippen LogP contribution in [0.15, 0.2) is 47.0 Å². The molecule has 2 aromatic carbocycles. The largest absolute Gasteiger partial charge is 0.343 e. The molecule has 0 radical (unpaired) electrons. The maximum absolute atomic E-state index is 12.6. The number of hydrogen-bond acceptors (Lipinski definition) is 6. The Morgan fingerprint density at radius 3 is 2.53 bits per heavy atom. The highest BCUT2D eigenvalue weighted by atomic mass is 35.5. The average molecular weight is 451 g/mol. The van der Waals surface area contributed by atoms with Gasteiger partial charge in [-0.3, -0.25) is 4.79 Å². The fourth-order valence-corrected chi connectivity index (χ4v) is 4.13. The molecule has 0 aliphatic carbocycles. The molecular formula is C23H23ClN6O2. The van der Waals surface area contributed by atoms with Crippen LogP contribution >= 0.6 is 11.6 Å². The zero-order valence-electron chi connectivity index (χ0n) is 17.6. The van der Waals surface area contributed by atoms with E-state index in [0.29, 0.717) is 29.7 Å². The van der Waals surface area contributed by atoms with Crippen molar-refractivity contribution in [1.29, 1.82) is 0 Å². The van der Waals surface area contributed by atoms with Crippen LogP contribution in [0, 0.1) is 0 Å². The molecule has 0 atom stereocenters. The third-order valence-corrected chi connectivity index (χ3v) is 6.04. The molecule has 1 amide bonds. The highest BCUT2D eigenvalue weighted by Gasteiger charge is 2.17. The Hall–Kier alpha value is -3.26. The third kappa shape index (κ3) is 4.36. The number of hydrogen-bond donors (Lipinski definition) is 0. The van der Waals surface area contributed by atoms with Crippen molar-refractivity contribution in [3.63, 3.8) is 0 Å². The van der Waals surface area contributed by atoms with Crippen LogP contribution < -0.4 is 0 Å². The van der Waals surface area contributed by atoms with Gasteiger partial charge in [0, 0.05) is 35.7 Å². The summed E-state index contributed by atoms with van der Waals surface area (Å²) < 4.78 is 7.19. The molecule has 3 heterocycles. The van der Waals surface area contributed by atoms with Crippen molar-refractivity contribution in [2.24, 2.45) is 0 Å². The van der Waals surface area contributed by atoms with Crippen molar-refractivity contribution in [1.82, 2.24) is 30.0 Å². The summed E-state index contributed by atoms with van der Waals surface area (Å²) in [6, 6.07) is 13.0. The summed E-state index contributed by atoms with van der Waals surface area (Å²) in [5.74, 6) is 1.09. The molecule has 1 saturated heterocycles. The lowest BCUT2D eigenvalue weighted by atomic mass is 10.2. The molecule has 0 spiro atoms. The first-order valence-corrected chi connectivity index (χ1v) is 11.3. The summed E-state index contributed by atoms with van der Waals surface area (Å²) in [7, 11) is 0. The summed E-state index contributed by atoms with van der Waals surface area (Å²) in [6.45, 7) is 2.24. The molecule has 1 fully saturated rings. The molecule has 5 rings (SSSR count). The van der Waals surface area contributed by atoms with E-state index < -0.39 is 0 Å². The number of likely N-dealkylation sites (tertiary alicyclic amines) is 1. The van der Waals surface area contributed by atoms with E-state index in [1.165, 1.54) is 12.8 Å². The predicted molar refractivity (Wildman–Crippen MR) is 121 cm³/mol. The monoisotopic (exact) mass is 450 g/mol. The van der Waals surface area contributed by atoms with Crippen LogP contribution in [0.25, 0.3) is 33.9 Å². The quantitative estimate of drug-likeness (QED) is 0.441. The molecule has 4 aromatic rings. The van der Waals surface area contributed by atoms with Crippen LogP contribution in [-0.2, 0) is 11.3 Å². The Balaban J connectivity index is 1.30. The minimum atomic E-state index is 0.189. The van der Waals surface area contributed by atoms with Gasteiger partial charge in [0.25, 0.3) is 5.89 Å². The summed E-state index contributed by atoms with van der Waals surface area (Å²) in [6.07, 6.45) is 5.03. The highest BCUT2D eigenvalue weighted by molar-refractivity contribution is 6.30. The van der Waals surface area contributed by atoms with Gasteiger partial charge in [-0.25, -0.2) is 4.68 Å². The van der Waals surface area contributed by atoms with Gasteiger partial charge < -0.3 is 9.42 Å². The second-order valence-electron chi connectivity index (χ2n) is 7.99. The molecule has 0 N–H and O–H groups in total. The number of carbonyl (C=O) groups is 1. The summed E-state index contributed by atoms with van der Waals surface area (Å²) in [5.41, 5.74) is 3.19. The van der Waals surface area contributed by atoms with Crippen molar-refractivity contribution < 1.29 is 9.32 Å². The van der Waals surface area contributed by atoms with Gasteiger partial charge in [0.05, 0.1) is 12.1 Å². The van der Waals surface area contributed by atoms with E-state index in [4.69, 9.17) is 16.1 Å². The number of carbonyl (C=O) groups excluding carboxylic acids is 1. The van der Waals surface area contributed by atoms with E-state index in [0.717, 1.165) is 48.1 Å². The number of amides is 1. The van der Waals surface area contributed by atoms with Gasteiger partial charge >= 0.3 is 0 Å². The molecule has 0 unspecified atom stereocenters. The number of nitrogens with zero attached hydrogens (tertiary/aromatic N) is 6. The number of halogens is 1. The minimum absolute atomic E-state index is 0.189. The fourth-order valence-electron chi connectivity index (χ4n) is 4.01. The molecule has 0 bridgehead atoms. The Bertz CT molecular complexity index is 1230. The van der Waals surface area contributed by atoms with Gasteiger partial charge in [-0.2, -0.15) is 4.98 Å². The van der Waals surface area contributed by atoms with Crippen LogP contribution in [-0.4, -0.2) is 49.0 Å². The second-order valence-corrected chi connectivity index (χ2v) is 8.43. The maximum Gasteiger partial charge on any atom is 0.258 e. The molecule has 32 heavy (non-hydrogen) atoms. The lowest BCUT2D eigenvalue weighted by molar-refractivity contribution is -0.131. The SMILES string of the molecule is O=C(CCn1nnc2cc(-c3noc(-c4ccc(Cl)cc4)n3)ccc21)N1CCCCCC1. The van der Waals surface area contributed by atoms with Crippen molar-refractivity contribution >= 4 is 28.5 Å². The number of fused-ring (bicyclic) bond motifs is 1. The molecule has 8 nitrogen and oxygen atoms in total. The van der Waals surface area contributed by atoms with E-state index >= 15 is 0 Å². The Morgan fingerprint density at radius 1 is 1.00 bits per heavy atom. The van der Waals surface area contributed by atoms with Crippen molar-refractivity contribution in [3.05, 3.63) is 47.5 Å². The molecule has 2 aromatic heterocycles. The molecule has 164 valence electrons. The number of aromatic nitrogens is 5. The average Bonchev–Trinajstić information content (AvgIpc) is 3.37. The third-order valence-electron chi connectivity index (χ3n) is 5.79. The summed E-state index contributed by atoms with van der Waals surface area (Å²) in [4.78, 5) is 19.1. The molecule has 1 aliphatic heterocycles. The fraction of sp³-hybridized carbons (Fsp3) is 0.348.